The molecule has 0 saturated carbocycles. The Kier molecular flexibility index (Phi) is 4.24. The number of nitrogens with zero attached hydrogens (tertiary/aromatic N) is 1. The molecule has 0 radical (unpaired) electrons. The number of nitrogens with one attached hydrogen (secondary N) is 1. The Morgan fingerprint density at radius 1 is 1.11 bits per heavy atom. The van der Waals surface area contributed by atoms with E-state index in [2.05, 4.69) is 27.3 Å². The molecule has 0 amide bonds. The average molecular weight is 322 g/mol. The van der Waals surface area contributed by atoms with Gasteiger partial charge in [-0.15, -0.1) is 0 Å². The fraction of sp³-hybridized carbons (Fsp3) is 0.0714. The summed E-state index contributed by atoms with van der Waals surface area (Å²) in [5.74, 6) is 0. The molecule has 2 aromatic carbocycles. The lowest BCUT2D eigenvalue weighted by molar-refractivity contribution is 0.998. The number of rotatable bonds is 3. The molecule has 4 heteroatoms. The fourth-order valence-corrected chi connectivity index (χ4v) is 2.11. The van der Waals surface area contributed by atoms with Crippen LogP contribution < -0.4 is 5.32 Å². The summed E-state index contributed by atoms with van der Waals surface area (Å²) in [4.78, 5) is 0. The summed E-state index contributed by atoms with van der Waals surface area (Å²) in [6.45, 7) is 0. The van der Waals surface area contributed by atoms with Gasteiger partial charge in [0.05, 0.1) is 6.07 Å². The highest BCUT2D eigenvalue weighted by molar-refractivity contribution is 9.10. The summed E-state index contributed by atoms with van der Waals surface area (Å²) in [5, 5.41) is 13.0. The van der Waals surface area contributed by atoms with E-state index in [1.807, 2.05) is 42.5 Å². The molecule has 0 saturated heterocycles. The average Bonchev–Trinajstić information content (AvgIpc) is 2.39. The highest BCUT2D eigenvalue weighted by Crippen LogP contribution is 2.26. The molecule has 1 unspecified atom stereocenters. The minimum absolute atomic E-state index is 0.458. The van der Waals surface area contributed by atoms with E-state index in [1.54, 1.807) is 6.07 Å². The number of halogens is 2. The van der Waals surface area contributed by atoms with Crippen LogP contribution in [0.3, 0.4) is 0 Å². The van der Waals surface area contributed by atoms with Crippen LogP contribution in [0.1, 0.15) is 11.6 Å². The molecule has 18 heavy (non-hydrogen) atoms. The minimum Gasteiger partial charge on any atom is -0.366 e. The van der Waals surface area contributed by atoms with E-state index < -0.39 is 6.04 Å². The Morgan fingerprint density at radius 2 is 1.78 bits per heavy atom. The van der Waals surface area contributed by atoms with Crippen LogP contribution in [0, 0.1) is 11.3 Å². The molecule has 90 valence electrons. The van der Waals surface area contributed by atoms with Gasteiger partial charge in [0.25, 0.3) is 0 Å². The van der Waals surface area contributed by atoms with Gasteiger partial charge in [-0.1, -0.05) is 45.7 Å². The van der Waals surface area contributed by atoms with Crippen molar-refractivity contribution in [2.24, 2.45) is 0 Å². The van der Waals surface area contributed by atoms with E-state index in [0.29, 0.717) is 5.02 Å². The second-order valence-electron chi connectivity index (χ2n) is 3.73. The van der Waals surface area contributed by atoms with Gasteiger partial charge in [-0.25, -0.2) is 0 Å². The topological polar surface area (TPSA) is 35.8 Å². The molecule has 0 aliphatic carbocycles. The van der Waals surface area contributed by atoms with Gasteiger partial charge >= 0.3 is 0 Å². The van der Waals surface area contributed by atoms with Gasteiger partial charge in [0, 0.05) is 20.7 Å². The third kappa shape index (κ3) is 3.04. The first-order valence-corrected chi connectivity index (χ1v) is 6.54. The van der Waals surface area contributed by atoms with Gasteiger partial charge in [-0.3, -0.25) is 0 Å². The maximum Gasteiger partial charge on any atom is 0.141 e. The van der Waals surface area contributed by atoms with Crippen LogP contribution in [-0.4, -0.2) is 0 Å². The SMILES string of the molecule is N#CC(Nc1ccc(Br)cc1)c1ccccc1Cl. The van der Waals surface area contributed by atoms with Crippen molar-refractivity contribution in [2.45, 2.75) is 6.04 Å². The van der Waals surface area contributed by atoms with E-state index in [1.165, 1.54) is 0 Å². The predicted molar refractivity (Wildman–Crippen MR) is 77.6 cm³/mol. The van der Waals surface area contributed by atoms with E-state index in [0.717, 1.165) is 15.7 Å². The highest BCUT2D eigenvalue weighted by atomic mass is 79.9. The molecule has 1 N–H and O–H groups in total. The molecule has 2 nitrogen and oxygen atoms in total. The van der Waals surface area contributed by atoms with Crippen LogP contribution in [0.5, 0.6) is 0 Å². The fourth-order valence-electron chi connectivity index (χ4n) is 1.60. The van der Waals surface area contributed by atoms with Crippen LogP contribution in [-0.2, 0) is 0 Å². The molecule has 0 aliphatic rings. The minimum atomic E-state index is -0.458. The third-order valence-electron chi connectivity index (χ3n) is 2.50. The summed E-state index contributed by atoms with van der Waals surface area (Å²) >= 11 is 9.46. The van der Waals surface area contributed by atoms with Gasteiger partial charge in [0.15, 0.2) is 0 Å². The predicted octanol–water partition coefficient (Wildman–Crippen LogP) is 4.78. The Balaban J connectivity index is 2.23. The van der Waals surface area contributed by atoms with Crippen molar-refractivity contribution < 1.29 is 0 Å². The molecular formula is C14H10BrClN2. The summed E-state index contributed by atoms with van der Waals surface area (Å²) in [6, 6.07) is 16.8. The lowest BCUT2D eigenvalue weighted by Gasteiger charge is -2.14. The second-order valence-corrected chi connectivity index (χ2v) is 5.06. The van der Waals surface area contributed by atoms with Gasteiger partial charge < -0.3 is 5.32 Å². The van der Waals surface area contributed by atoms with Crippen LogP contribution in [0.4, 0.5) is 5.69 Å². The van der Waals surface area contributed by atoms with Gasteiger partial charge in [-0.2, -0.15) is 5.26 Å². The van der Waals surface area contributed by atoms with Gasteiger partial charge in [0.2, 0.25) is 0 Å². The van der Waals surface area contributed by atoms with E-state index in [9.17, 15) is 5.26 Å². The first kappa shape index (κ1) is 12.9. The summed E-state index contributed by atoms with van der Waals surface area (Å²) in [7, 11) is 0. The lowest BCUT2D eigenvalue weighted by Crippen LogP contribution is -2.08. The lowest BCUT2D eigenvalue weighted by atomic mass is 10.1. The number of benzene rings is 2. The number of hydrogen-bond acceptors (Lipinski definition) is 2. The first-order chi connectivity index (χ1) is 8.70. The van der Waals surface area contributed by atoms with Crippen molar-refractivity contribution in [3.8, 4) is 6.07 Å². The van der Waals surface area contributed by atoms with Gasteiger partial charge in [-0.05, 0) is 30.3 Å². The number of nitriles is 1. The molecule has 0 spiro atoms. The maximum atomic E-state index is 9.24. The van der Waals surface area contributed by atoms with Crippen molar-refractivity contribution in [3.05, 3.63) is 63.6 Å². The largest absolute Gasteiger partial charge is 0.366 e. The quantitative estimate of drug-likeness (QED) is 0.883. The Labute approximate surface area is 119 Å². The molecule has 0 fully saturated rings. The van der Waals surface area contributed by atoms with Crippen LogP contribution >= 0.6 is 27.5 Å². The monoisotopic (exact) mass is 320 g/mol. The van der Waals surface area contributed by atoms with Crippen LogP contribution in [0.25, 0.3) is 0 Å². The van der Waals surface area contributed by atoms with E-state index in [4.69, 9.17) is 11.6 Å². The van der Waals surface area contributed by atoms with Crippen molar-refractivity contribution in [1.82, 2.24) is 0 Å². The highest BCUT2D eigenvalue weighted by Gasteiger charge is 2.13. The zero-order valence-electron chi connectivity index (χ0n) is 9.40. The summed E-state index contributed by atoms with van der Waals surface area (Å²) < 4.78 is 0.999. The Hall–Kier alpha value is -1.50. The number of anilines is 1. The zero-order valence-corrected chi connectivity index (χ0v) is 11.7. The normalized spacial score (nSPS) is 11.6. The van der Waals surface area contributed by atoms with Crippen molar-refractivity contribution in [3.63, 3.8) is 0 Å². The van der Waals surface area contributed by atoms with Crippen molar-refractivity contribution in [2.75, 3.05) is 5.32 Å². The molecule has 0 aliphatic heterocycles. The molecule has 2 aromatic rings. The number of hydrogen-bond donors (Lipinski definition) is 1. The summed E-state index contributed by atoms with van der Waals surface area (Å²) in [6.07, 6.45) is 0. The smallest absolute Gasteiger partial charge is 0.141 e. The summed E-state index contributed by atoms with van der Waals surface area (Å²) in [5.41, 5.74) is 1.66. The van der Waals surface area contributed by atoms with Crippen LogP contribution in [0.2, 0.25) is 5.02 Å². The third-order valence-corrected chi connectivity index (χ3v) is 3.37. The molecule has 2 rings (SSSR count). The maximum absolute atomic E-state index is 9.24. The first-order valence-electron chi connectivity index (χ1n) is 5.37. The molecule has 0 aromatic heterocycles. The van der Waals surface area contributed by atoms with Crippen LogP contribution in [0.15, 0.2) is 53.0 Å². The second kappa shape index (κ2) is 5.90. The molecule has 1 atom stereocenters. The molecule has 0 bridgehead atoms. The van der Waals surface area contributed by atoms with E-state index in [-0.39, 0.29) is 0 Å². The van der Waals surface area contributed by atoms with Gasteiger partial charge in [0.1, 0.15) is 6.04 Å². The van der Waals surface area contributed by atoms with Crippen molar-refractivity contribution in [1.29, 1.82) is 5.26 Å². The molecule has 0 heterocycles. The standard InChI is InChI=1S/C14H10BrClN2/c15-10-5-7-11(8-6-10)18-14(9-17)12-3-1-2-4-13(12)16/h1-8,14,18H. The van der Waals surface area contributed by atoms with Crippen molar-refractivity contribution >= 4 is 33.2 Å². The zero-order chi connectivity index (χ0) is 13.0. The molecular weight excluding hydrogens is 312 g/mol. The van der Waals surface area contributed by atoms with E-state index >= 15 is 0 Å². The Bertz CT molecular complexity index is 575. The Morgan fingerprint density at radius 3 is 2.39 bits per heavy atom.